The van der Waals surface area contributed by atoms with E-state index in [1.807, 2.05) is 18.7 Å². The van der Waals surface area contributed by atoms with Crippen LogP contribution in [0.5, 0.6) is 0 Å². The van der Waals surface area contributed by atoms with Crippen LogP contribution >= 0.6 is 11.6 Å². The molecule has 4 heteroatoms. The van der Waals surface area contributed by atoms with Gasteiger partial charge in [-0.2, -0.15) is 5.10 Å². The van der Waals surface area contributed by atoms with Crippen molar-refractivity contribution in [2.45, 2.75) is 65.8 Å². The predicted octanol–water partition coefficient (Wildman–Crippen LogP) is 4.12. The first-order valence-corrected chi connectivity index (χ1v) is 8.34. The van der Waals surface area contributed by atoms with E-state index in [0.29, 0.717) is 12.0 Å². The van der Waals surface area contributed by atoms with E-state index < -0.39 is 0 Å². The Morgan fingerprint density at radius 3 is 2.45 bits per heavy atom. The molecule has 20 heavy (non-hydrogen) atoms. The summed E-state index contributed by atoms with van der Waals surface area (Å²) in [7, 11) is 1.99. The van der Waals surface area contributed by atoms with Crippen molar-refractivity contribution in [3.8, 4) is 0 Å². The second-order valence-corrected chi connectivity index (χ2v) is 6.03. The first-order chi connectivity index (χ1) is 9.54. The third-order valence-electron chi connectivity index (χ3n) is 4.16. The van der Waals surface area contributed by atoms with E-state index in [0.717, 1.165) is 29.4 Å². The van der Waals surface area contributed by atoms with E-state index in [-0.39, 0.29) is 0 Å². The number of likely N-dealkylation sites (N-methyl/N-ethyl adjacent to an activating group) is 1. The zero-order valence-corrected chi connectivity index (χ0v) is 14.4. The molecule has 0 saturated heterocycles. The molecule has 0 spiro atoms. The highest BCUT2D eigenvalue weighted by Gasteiger charge is 2.22. The molecule has 3 nitrogen and oxygen atoms in total. The molecule has 0 amide bonds. The average Bonchev–Trinajstić information content (AvgIpc) is 2.66. The van der Waals surface area contributed by atoms with E-state index in [4.69, 9.17) is 11.6 Å². The largest absolute Gasteiger partial charge is 0.314 e. The molecule has 0 saturated carbocycles. The van der Waals surface area contributed by atoms with E-state index in [9.17, 15) is 0 Å². The van der Waals surface area contributed by atoms with Crippen molar-refractivity contribution >= 4 is 11.6 Å². The van der Waals surface area contributed by atoms with Crippen LogP contribution in [0.25, 0.3) is 0 Å². The standard InChI is InChI=1S/C16H30ClN3/c1-6-9-10-13(7-2)14(18-8-3)11-15-16(17)12(4)19-20(15)5/h13-14,18H,6-11H2,1-5H3. The van der Waals surface area contributed by atoms with Crippen LogP contribution < -0.4 is 5.32 Å². The third kappa shape index (κ3) is 4.49. The van der Waals surface area contributed by atoms with Gasteiger partial charge in [-0.25, -0.2) is 0 Å². The van der Waals surface area contributed by atoms with Crippen molar-refractivity contribution in [1.29, 1.82) is 0 Å². The van der Waals surface area contributed by atoms with Gasteiger partial charge in [-0.15, -0.1) is 0 Å². The molecule has 1 rings (SSSR count). The van der Waals surface area contributed by atoms with Gasteiger partial charge < -0.3 is 5.32 Å². The maximum atomic E-state index is 6.40. The topological polar surface area (TPSA) is 29.9 Å². The average molecular weight is 300 g/mol. The molecule has 0 aliphatic rings. The summed E-state index contributed by atoms with van der Waals surface area (Å²) in [5.41, 5.74) is 2.09. The number of nitrogens with one attached hydrogen (secondary N) is 1. The molecule has 1 N–H and O–H groups in total. The van der Waals surface area contributed by atoms with Crippen molar-refractivity contribution in [1.82, 2.24) is 15.1 Å². The summed E-state index contributed by atoms with van der Waals surface area (Å²) >= 11 is 6.40. The lowest BCUT2D eigenvalue weighted by molar-refractivity contribution is 0.315. The molecule has 0 aliphatic carbocycles. The van der Waals surface area contributed by atoms with Gasteiger partial charge in [-0.3, -0.25) is 4.68 Å². The summed E-state index contributed by atoms with van der Waals surface area (Å²) < 4.78 is 1.94. The van der Waals surface area contributed by atoms with Gasteiger partial charge in [0.25, 0.3) is 0 Å². The molecule has 0 aliphatic heterocycles. The first-order valence-electron chi connectivity index (χ1n) is 7.96. The van der Waals surface area contributed by atoms with Gasteiger partial charge in [0.2, 0.25) is 0 Å². The fraction of sp³-hybridized carbons (Fsp3) is 0.812. The minimum Gasteiger partial charge on any atom is -0.314 e. The van der Waals surface area contributed by atoms with Crippen molar-refractivity contribution in [2.75, 3.05) is 6.54 Å². The maximum absolute atomic E-state index is 6.40. The van der Waals surface area contributed by atoms with E-state index in [1.54, 1.807) is 0 Å². The molecule has 116 valence electrons. The number of unbranched alkanes of at least 4 members (excludes halogenated alkanes) is 1. The van der Waals surface area contributed by atoms with Gasteiger partial charge in [-0.1, -0.05) is 51.6 Å². The van der Waals surface area contributed by atoms with Gasteiger partial charge >= 0.3 is 0 Å². The van der Waals surface area contributed by atoms with E-state index in [2.05, 4.69) is 31.2 Å². The fourth-order valence-electron chi connectivity index (χ4n) is 2.93. The Hall–Kier alpha value is -0.540. The fourth-order valence-corrected chi connectivity index (χ4v) is 3.17. The predicted molar refractivity (Wildman–Crippen MR) is 87.4 cm³/mol. The summed E-state index contributed by atoms with van der Waals surface area (Å²) in [6.45, 7) is 9.71. The summed E-state index contributed by atoms with van der Waals surface area (Å²) in [4.78, 5) is 0. The van der Waals surface area contributed by atoms with E-state index >= 15 is 0 Å². The van der Waals surface area contributed by atoms with Gasteiger partial charge in [0.05, 0.1) is 16.4 Å². The molecule has 1 aromatic rings. The van der Waals surface area contributed by atoms with Crippen LogP contribution in [-0.2, 0) is 13.5 Å². The smallest absolute Gasteiger partial charge is 0.0847 e. The molecular formula is C16H30ClN3. The Bertz CT molecular complexity index is 401. The highest BCUT2D eigenvalue weighted by atomic mass is 35.5. The number of aromatic nitrogens is 2. The first kappa shape index (κ1) is 17.5. The van der Waals surface area contributed by atoms with Crippen LogP contribution in [0.2, 0.25) is 5.02 Å². The number of aryl methyl sites for hydroxylation is 2. The zero-order chi connectivity index (χ0) is 15.1. The molecule has 0 aromatic carbocycles. The minimum atomic E-state index is 0.490. The molecule has 0 radical (unpaired) electrons. The lowest BCUT2D eigenvalue weighted by atomic mass is 9.88. The Morgan fingerprint density at radius 2 is 2.00 bits per heavy atom. The Kier molecular flexibility index (Phi) is 7.60. The molecule has 1 heterocycles. The third-order valence-corrected chi connectivity index (χ3v) is 4.65. The summed E-state index contributed by atoms with van der Waals surface area (Å²) in [5, 5.41) is 8.92. The summed E-state index contributed by atoms with van der Waals surface area (Å²) in [6, 6.07) is 0.490. The lowest BCUT2D eigenvalue weighted by Crippen LogP contribution is -2.38. The number of hydrogen-bond acceptors (Lipinski definition) is 2. The molecule has 1 aromatic heterocycles. The monoisotopic (exact) mass is 299 g/mol. The van der Waals surface area contributed by atoms with Crippen molar-refractivity contribution in [2.24, 2.45) is 13.0 Å². The van der Waals surface area contributed by atoms with Gasteiger partial charge in [0, 0.05) is 19.5 Å². The van der Waals surface area contributed by atoms with Crippen LogP contribution in [0.1, 0.15) is 57.8 Å². The highest BCUT2D eigenvalue weighted by Crippen LogP contribution is 2.25. The summed E-state index contributed by atoms with van der Waals surface area (Å²) in [6.07, 6.45) is 6.04. The highest BCUT2D eigenvalue weighted by molar-refractivity contribution is 6.31. The second-order valence-electron chi connectivity index (χ2n) is 5.65. The van der Waals surface area contributed by atoms with Gasteiger partial charge in [0.1, 0.15) is 0 Å². The minimum absolute atomic E-state index is 0.490. The van der Waals surface area contributed by atoms with Crippen LogP contribution in [0, 0.1) is 12.8 Å². The van der Waals surface area contributed by atoms with Crippen LogP contribution in [-0.4, -0.2) is 22.4 Å². The second kappa shape index (κ2) is 8.68. The zero-order valence-electron chi connectivity index (χ0n) is 13.7. The summed E-state index contributed by atoms with van der Waals surface area (Å²) in [5.74, 6) is 0.709. The van der Waals surface area contributed by atoms with Crippen LogP contribution in [0.4, 0.5) is 0 Å². The van der Waals surface area contributed by atoms with Crippen molar-refractivity contribution in [3.63, 3.8) is 0 Å². The quantitative estimate of drug-likeness (QED) is 0.743. The Balaban J connectivity index is 2.84. The van der Waals surface area contributed by atoms with Crippen LogP contribution in [0.15, 0.2) is 0 Å². The molecule has 0 fully saturated rings. The molecule has 2 atom stereocenters. The maximum Gasteiger partial charge on any atom is 0.0847 e. The number of hydrogen-bond donors (Lipinski definition) is 1. The number of rotatable bonds is 9. The molecule has 0 bridgehead atoms. The van der Waals surface area contributed by atoms with E-state index in [1.165, 1.54) is 25.7 Å². The normalized spacial score (nSPS) is 14.5. The number of halogens is 1. The van der Waals surface area contributed by atoms with Crippen LogP contribution in [0.3, 0.4) is 0 Å². The Labute approximate surface area is 129 Å². The molecule has 2 unspecified atom stereocenters. The van der Waals surface area contributed by atoms with Gasteiger partial charge in [0.15, 0.2) is 0 Å². The number of nitrogens with zero attached hydrogens (tertiary/aromatic N) is 2. The van der Waals surface area contributed by atoms with Crippen molar-refractivity contribution < 1.29 is 0 Å². The molecular weight excluding hydrogens is 270 g/mol. The van der Waals surface area contributed by atoms with Gasteiger partial charge in [-0.05, 0) is 25.8 Å². The lowest BCUT2D eigenvalue weighted by Gasteiger charge is -2.27. The Morgan fingerprint density at radius 1 is 1.30 bits per heavy atom. The SMILES string of the molecule is CCCCC(CC)C(Cc1c(Cl)c(C)nn1C)NCC. The van der Waals surface area contributed by atoms with Crippen molar-refractivity contribution in [3.05, 3.63) is 16.4 Å².